The number of aryl methyl sites for hydroxylation is 1. The Morgan fingerprint density at radius 2 is 2.40 bits per heavy atom. The van der Waals surface area contributed by atoms with Crippen molar-refractivity contribution in [2.24, 2.45) is 18.0 Å². The van der Waals surface area contributed by atoms with Gasteiger partial charge in [0.25, 0.3) is 0 Å². The van der Waals surface area contributed by atoms with Gasteiger partial charge >= 0.3 is 0 Å². The van der Waals surface area contributed by atoms with Gasteiger partial charge in [0.1, 0.15) is 6.33 Å². The van der Waals surface area contributed by atoms with Crippen LogP contribution in [-0.2, 0) is 18.3 Å². The summed E-state index contributed by atoms with van der Waals surface area (Å²) < 4.78 is 7.53. The highest BCUT2D eigenvalue weighted by Gasteiger charge is 2.21. The summed E-state index contributed by atoms with van der Waals surface area (Å²) in [6, 6.07) is 0. The summed E-state index contributed by atoms with van der Waals surface area (Å²) in [6.45, 7) is 3.07. The summed E-state index contributed by atoms with van der Waals surface area (Å²) in [5, 5.41) is 11.2. The second-order valence-electron chi connectivity index (χ2n) is 5.20. The van der Waals surface area contributed by atoms with E-state index in [1.165, 1.54) is 12.8 Å². The number of rotatable bonds is 7. The van der Waals surface area contributed by atoms with Crippen molar-refractivity contribution in [3.05, 3.63) is 12.2 Å². The molecular formula is C13H24N6O. The topological polar surface area (TPSA) is 67.6 Å². The Kier molecular flexibility index (Phi) is 5.34. The first-order chi connectivity index (χ1) is 9.70. The summed E-state index contributed by atoms with van der Waals surface area (Å²) in [4.78, 5) is 6.32. The van der Waals surface area contributed by atoms with Gasteiger partial charge in [-0.05, 0) is 18.8 Å². The van der Waals surface area contributed by atoms with Crippen LogP contribution in [0.1, 0.15) is 18.7 Å². The summed E-state index contributed by atoms with van der Waals surface area (Å²) in [5.74, 6) is 2.53. The third kappa shape index (κ3) is 4.48. The van der Waals surface area contributed by atoms with Gasteiger partial charge in [-0.3, -0.25) is 4.99 Å². The second kappa shape index (κ2) is 7.23. The van der Waals surface area contributed by atoms with E-state index in [0.29, 0.717) is 6.54 Å². The zero-order chi connectivity index (χ0) is 14.4. The third-order valence-electron chi connectivity index (χ3n) is 3.40. The van der Waals surface area contributed by atoms with Crippen molar-refractivity contribution < 1.29 is 4.74 Å². The van der Waals surface area contributed by atoms with Crippen molar-refractivity contribution in [2.45, 2.75) is 19.4 Å². The third-order valence-corrected chi connectivity index (χ3v) is 3.40. The fraction of sp³-hybridized carbons (Fsp3) is 0.769. The maximum absolute atomic E-state index is 5.64. The van der Waals surface area contributed by atoms with E-state index in [1.54, 1.807) is 13.4 Å². The molecule has 1 aliphatic rings. The number of nitrogens with one attached hydrogen (secondary N) is 1. The van der Waals surface area contributed by atoms with E-state index in [2.05, 4.69) is 25.4 Å². The Hall–Kier alpha value is -1.63. The molecule has 7 heteroatoms. The number of guanidine groups is 1. The molecule has 7 nitrogen and oxygen atoms in total. The van der Waals surface area contributed by atoms with Gasteiger partial charge in [0, 0.05) is 34.3 Å². The van der Waals surface area contributed by atoms with E-state index >= 15 is 0 Å². The zero-order valence-electron chi connectivity index (χ0n) is 12.5. The maximum atomic E-state index is 5.64. The van der Waals surface area contributed by atoms with E-state index < -0.39 is 0 Å². The molecule has 1 heterocycles. The largest absolute Gasteiger partial charge is 0.379 e. The first kappa shape index (κ1) is 14.8. The predicted octanol–water partition coefficient (Wildman–Crippen LogP) is 0.249. The van der Waals surface area contributed by atoms with E-state index in [4.69, 9.17) is 4.74 Å². The highest BCUT2D eigenvalue weighted by Crippen LogP contribution is 2.28. The zero-order valence-corrected chi connectivity index (χ0v) is 12.5. The van der Waals surface area contributed by atoms with Gasteiger partial charge in [0.2, 0.25) is 0 Å². The number of ether oxygens (including phenoxy) is 1. The van der Waals surface area contributed by atoms with E-state index in [1.807, 2.05) is 18.7 Å². The summed E-state index contributed by atoms with van der Waals surface area (Å²) in [6.07, 6.45) is 4.35. The van der Waals surface area contributed by atoms with Gasteiger partial charge in [-0.15, -0.1) is 10.2 Å². The van der Waals surface area contributed by atoms with Gasteiger partial charge in [0.15, 0.2) is 11.8 Å². The molecule has 112 valence electrons. The lowest BCUT2D eigenvalue weighted by Gasteiger charge is -2.21. The Labute approximate surface area is 120 Å². The Bertz CT molecular complexity index is 440. The molecule has 1 aromatic rings. The average molecular weight is 280 g/mol. The van der Waals surface area contributed by atoms with Crippen molar-refractivity contribution in [1.82, 2.24) is 25.0 Å². The molecule has 1 aromatic heterocycles. The van der Waals surface area contributed by atoms with Crippen LogP contribution in [0.4, 0.5) is 0 Å². The van der Waals surface area contributed by atoms with Crippen LogP contribution in [0.5, 0.6) is 0 Å². The molecule has 1 N–H and O–H groups in total. The number of likely N-dealkylation sites (N-methyl/N-ethyl adjacent to an activating group) is 1. The first-order valence-electron chi connectivity index (χ1n) is 7.03. The lowest BCUT2D eigenvalue weighted by atomic mass is 10.5. The average Bonchev–Trinajstić information content (AvgIpc) is 3.18. The molecule has 1 aliphatic carbocycles. The van der Waals surface area contributed by atoms with Crippen molar-refractivity contribution in [1.29, 1.82) is 0 Å². The Morgan fingerprint density at radius 3 is 3.00 bits per heavy atom. The van der Waals surface area contributed by atoms with Crippen LogP contribution < -0.4 is 5.32 Å². The number of aromatic nitrogens is 3. The monoisotopic (exact) mass is 280 g/mol. The fourth-order valence-corrected chi connectivity index (χ4v) is 1.85. The van der Waals surface area contributed by atoms with Crippen LogP contribution in [0, 0.1) is 5.92 Å². The molecule has 0 saturated heterocycles. The molecule has 0 unspecified atom stereocenters. The molecule has 0 spiro atoms. The molecule has 0 radical (unpaired) electrons. The molecule has 1 fully saturated rings. The Morgan fingerprint density at radius 1 is 1.60 bits per heavy atom. The smallest absolute Gasteiger partial charge is 0.193 e. The van der Waals surface area contributed by atoms with Crippen molar-refractivity contribution in [3.63, 3.8) is 0 Å². The predicted molar refractivity (Wildman–Crippen MR) is 77.4 cm³/mol. The molecule has 2 rings (SSSR count). The highest BCUT2D eigenvalue weighted by atomic mass is 16.5. The molecule has 0 bridgehead atoms. The molecule has 0 amide bonds. The van der Waals surface area contributed by atoms with Crippen LogP contribution in [-0.4, -0.2) is 59.5 Å². The molecule has 0 aromatic carbocycles. The summed E-state index contributed by atoms with van der Waals surface area (Å²) >= 11 is 0. The van der Waals surface area contributed by atoms with Crippen molar-refractivity contribution >= 4 is 5.96 Å². The molecule has 0 aliphatic heterocycles. The van der Waals surface area contributed by atoms with Crippen molar-refractivity contribution in [2.75, 3.05) is 33.9 Å². The van der Waals surface area contributed by atoms with Crippen LogP contribution in [0.2, 0.25) is 0 Å². The standard InChI is InChI=1S/C13H24N6O/c1-14-13(15-8-12-17-16-10-19(12)3)18(2)6-7-20-9-11-4-5-11/h10-11H,4-9H2,1-3H3,(H,14,15). The summed E-state index contributed by atoms with van der Waals surface area (Å²) in [5.41, 5.74) is 0. The number of hydrogen-bond acceptors (Lipinski definition) is 4. The van der Waals surface area contributed by atoms with Gasteiger partial charge in [-0.25, -0.2) is 0 Å². The van der Waals surface area contributed by atoms with Crippen molar-refractivity contribution in [3.8, 4) is 0 Å². The van der Waals surface area contributed by atoms with Gasteiger partial charge in [-0.2, -0.15) is 0 Å². The highest BCUT2D eigenvalue weighted by molar-refractivity contribution is 5.79. The quantitative estimate of drug-likeness (QED) is 0.440. The minimum Gasteiger partial charge on any atom is -0.379 e. The number of aliphatic imine (C=N–C) groups is 1. The van der Waals surface area contributed by atoms with Crippen LogP contribution in [0.15, 0.2) is 11.3 Å². The van der Waals surface area contributed by atoms with E-state index in [0.717, 1.165) is 37.5 Å². The number of nitrogens with zero attached hydrogens (tertiary/aromatic N) is 5. The van der Waals surface area contributed by atoms with Gasteiger partial charge in [-0.1, -0.05) is 0 Å². The minimum atomic E-state index is 0.608. The maximum Gasteiger partial charge on any atom is 0.193 e. The lowest BCUT2D eigenvalue weighted by Crippen LogP contribution is -2.40. The van der Waals surface area contributed by atoms with E-state index in [9.17, 15) is 0 Å². The lowest BCUT2D eigenvalue weighted by molar-refractivity contribution is 0.115. The summed E-state index contributed by atoms with van der Waals surface area (Å²) in [7, 11) is 5.71. The Balaban J connectivity index is 1.68. The molecule has 20 heavy (non-hydrogen) atoms. The minimum absolute atomic E-state index is 0.608. The SMILES string of the molecule is CN=C(NCc1nncn1C)N(C)CCOCC1CC1. The van der Waals surface area contributed by atoms with Crippen LogP contribution in [0.25, 0.3) is 0 Å². The first-order valence-corrected chi connectivity index (χ1v) is 7.03. The molecule has 1 saturated carbocycles. The van der Waals surface area contributed by atoms with Crippen LogP contribution in [0.3, 0.4) is 0 Å². The van der Waals surface area contributed by atoms with Gasteiger partial charge in [0.05, 0.1) is 13.2 Å². The molecular weight excluding hydrogens is 256 g/mol. The normalized spacial score (nSPS) is 15.4. The molecule has 0 atom stereocenters. The fourth-order valence-electron chi connectivity index (χ4n) is 1.85. The van der Waals surface area contributed by atoms with Gasteiger partial charge < -0.3 is 19.5 Å². The van der Waals surface area contributed by atoms with E-state index in [-0.39, 0.29) is 0 Å². The van der Waals surface area contributed by atoms with Crippen LogP contribution >= 0.6 is 0 Å². The number of hydrogen-bond donors (Lipinski definition) is 1. The second-order valence-corrected chi connectivity index (χ2v) is 5.20.